The van der Waals surface area contributed by atoms with Gasteiger partial charge in [-0.25, -0.2) is 4.39 Å². The SMILES string of the molecule is CCOc1cc(C2/C(=C(/O)c3ccc([N+](=O)[O-])cc3)C(=O)C(=O)N2Cc2ccc(F)cc2)ccc1OC. The Hall–Kier alpha value is -4.73. The van der Waals surface area contributed by atoms with Crippen molar-refractivity contribution in [1.29, 1.82) is 0 Å². The van der Waals surface area contributed by atoms with Crippen LogP contribution in [0.1, 0.15) is 29.7 Å². The Morgan fingerprint density at radius 1 is 1.05 bits per heavy atom. The van der Waals surface area contributed by atoms with E-state index >= 15 is 0 Å². The van der Waals surface area contributed by atoms with Crippen LogP contribution in [0, 0.1) is 15.9 Å². The summed E-state index contributed by atoms with van der Waals surface area (Å²) in [6.45, 7) is 2.09. The lowest BCUT2D eigenvalue weighted by molar-refractivity contribution is -0.384. The third-order valence-electron chi connectivity index (χ3n) is 5.96. The third kappa shape index (κ3) is 4.99. The van der Waals surface area contributed by atoms with Crippen LogP contribution >= 0.6 is 0 Å². The molecule has 0 aromatic heterocycles. The average molecular weight is 506 g/mol. The molecule has 10 heteroatoms. The van der Waals surface area contributed by atoms with Gasteiger partial charge in [0.2, 0.25) is 0 Å². The molecule has 0 saturated carbocycles. The zero-order chi connectivity index (χ0) is 26.7. The zero-order valence-electron chi connectivity index (χ0n) is 20.0. The van der Waals surface area contributed by atoms with Gasteiger partial charge in [0.15, 0.2) is 11.5 Å². The molecule has 1 aliphatic heterocycles. The van der Waals surface area contributed by atoms with Gasteiger partial charge >= 0.3 is 0 Å². The molecule has 0 aliphatic carbocycles. The summed E-state index contributed by atoms with van der Waals surface area (Å²) in [6.07, 6.45) is 0. The molecule has 1 fully saturated rings. The number of aliphatic hydroxyl groups excluding tert-OH is 1. The molecule has 1 heterocycles. The second kappa shape index (κ2) is 10.5. The number of carbonyl (C=O) groups excluding carboxylic acids is 2. The Morgan fingerprint density at radius 3 is 2.32 bits per heavy atom. The first-order valence-electron chi connectivity index (χ1n) is 11.3. The van der Waals surface area contributed by atoms with Crippen LogP contribution in [0.15, 0.2) is 72.3 Å². The molecule has 1 unspecified atom stereocenters. The number of Topliss-reactive ketones (excluding diaryl/α,β-unsaturated/α-hetero) is 1. The van der Waals surface area contributed by atoms with Gasteiger partial charge in [0.05, 0.1) is 30.3 Å². The van der Waals surface area contributed by atoms with E-state index in [2.05, 4.69) is 0 Å². The predicted octanol–water partition coefficient (Wildman–Crippen LogP) is 4.76. The summed E-state index contributed by atoms with van der Waals surface area (Å²) in [6, 6.07) is 14.4. The highest BCUT2D eigenvalue weighted by atomic mass is 19.1. The maximum absolute atomic E-state index is 13.5. The third-order valence-corrected chi connectivity index (χ3v) is 5.96. The molecular weight excluding hydrogens is 483 g/mol. The number of nitro benzene ring substituents is 1. The largest absolute Gasteiger partial charge is 0.507 e. The van der Waals surface area contributed by atoms with E-state index in [0.717, 1.165) is 0 Å². The molecule has 190 valence electrons. The van der Waals surface area contributed by atoms with Gasteiger partial charge in [-0.1, -0.05) is 18.2 Å². The number of aliphatic hydroxyl groups is 1. The first kappa shape index (κ1) is 25.4. The van der Waals surface area contributed by atoms with Crippen molar-refractivity contribution in [3.8, 4) is 11.5 Å². The zero-order valence-corrected chi connectivity index (χ0v) is 20.0. The van der Waals surface area contributed by atoms with Crippen molar-refractivity contribution >= 4 is 23.1 Å². The quantitative estimate of drug-likeness (QED) is 0.154. The van der Waals surface area contributed by atoms with Gasteiger partial charge in [-0.15, -0.1) is 0 Å². The van der Waals surface area contributed by atoms with Crippen LogP contribution in [0.3, 0.4) is 0 Å². The number of hydrogen-bond donors (Lipinski definition) is 1. The van der Waals surface area contributed by atoms with E-state index < -0.39 is 34.2 Å². The number of nitrogens with zero attached hydrogens (tertiary/aromatic N) is 2. The van der Waals surface area contributed by atoms with E-state index in [-0.39, 0.29) is 23.4 Å². The first-order valence-corrected chi connectivity index (χ1v) is 11.3. The molecule has 9 nitrogen and oxygen atoms in total. The maximum Gasteiger partial charge on any atom is 0.295 e. The van der Waals surface area contributed by atoms with Crippen molar-refractivity contribution in [2.24, 2.45) is 0 Å². The number of ether oxygens (including phenoxy) is 2. The fourth-order valence-corrected chi connectivity index (χ4v) is 4.20. The molecule has 1 aliphatic rings. The van der Waals surface area contributed by atoms with Crippen LogP contribution in [0.5, 0.6) is 11.5 Å². The molecule has 3 aromatic carbocycles. The summed E-state index contributed by atoms with van der Waals surface area (Å²) in [5.74, 6) is -1.88. The van der Waals surface area contributed by atoms with Crippen molar-refractivity contribution in [2.75, 3.05) is 13.7 Å². The maximum atomic E-state index is 13.5. The van der Waals surface area contributed by atoms with Crippen LogP contribution in [0.2, 0.25) is 0 Å². The highest BCUT2D eigenvalue weighted by molar-refractivity contribution is 6.46. The Balaban J connectivity index is 1.87. The number of halogens is 1. The lowest BCUT2D eigenvalue weighted by Crippen LogP contribution is -2.29. The van der Waals surface area contributed by atoms with E-state index in [4.69, 9.17) is 9.47 Å². The molecule has 0 spiro atoms. The molecule has 37 heavy (non-hydrogen) atoms. The second-order valence-corrected chi connectivity index (χ2v) is 8.20. The van der Waals surface area contributed by atoms with E-state index in [1.807, 2.05) is 0 Å². The lowest BCUT2D eigenvalue weighted by Gasteiger charge is -2.26. The number of rotatable bonds is 8. The molecule has 1 saturated heterocycles. The number of nitro groups is 1. The van der Waals surface area contributed by atoms with Crippen molar-refractivity contribution < 1.29 is 33.5 Å². The summed E-state index contributed by atoms with van der Waals surface area (Å²) in [5, 5.41) is 22.2. The number of methoxy groups -OCH3 is 1. The van der Waals surface area contributed by atoms with Gasteiger partial charge in [0.25, 0.3) is 17.4 Å². The lowest BCUT2D eigenvalue weighted by atomic mass is 9.94. The van der Waals surface area contributed by atoms with Crippen LogP contribution in [-0.4, -0.2) is 40.3 Å². The minimum Gasteiger partial charge on any atom is -0.507 e. The number of amides is 1. The molecule has 0 radical (unpaired) electrons. The van der Waals surface area contributed by atoms with E-state index in [1.165, 1.54) is 60.5 Å². The van der Waals surface area contributed by atoms with Gasteiger partial charge in [0, 0.05) is 24.2 Å². The van der Waals surface area contributed by atoms with Crippen LogP contribution in [0.25, 0.3) is 5.76 Å². The number of benzene rings is 3. The number of likely N-dealkylation sites (tertiary alicyclic amines) is 1. The van der Waals surface area contributed by atoms with Gasteiger partial charge in [0.1, 0.15) is 11.6 Å². The van der Waals surface area contributed by atoms with Crippen molar-refractivity contribution in [2.45, 2.75) is 19.5 Å². The summed E-state index contributed by atoms with van der Waals surface area (Å²) >= 11 is 0. The Labute approximate surface area is 211 Å². The van der Waals surface area contributed by atoms with Crippen LogP contribution in [0.4, 0.5) is 10.1 Å². The average Bonchev–Trinajstić information content (AvgIpc) is 3.14. The monoisotopic (exact) mass is 506 g/mol. The van der Waals surface area contributed by atoms with Gasteiger partial charge in [-0.05, 0) is 54.4 Å². The van der Waals surface area contributed by atoms with Crippen LogP contribution in [-0.2, 0) is 16.1 Å². The van der Waals surface area contributed by atoms with E-state index in [9.17, 15) is 29.2 Å². The standard InChI is InChI=1S/C27H23FN2O7/c1-3-37-22-14-18(8-13-21(22)36-2)24-23(25(31)17-6-11-20(12-7-17)30(34)35)26(32)27(33)29(24)15-16-4-9-19(28)10-5-16/h4-14,24,31H,3,15H2,1-2H3/b25-23-. The number of carbonyl (C=O) groups is 2. The van der Waals surface area contributed by atoms with Gasteiger partial charge < -0.3 is 19.5 Å². The molecular formula is C27H23FN2O7. The molecule has 1 amide bonds. The normalized spacial score (nSPS) is 16.6. The van der Waals surface area contributed by atoms with E-state index in [1.54, 1.807) is 25.1 Å². The smallest absolute Gasteiger partial charge is 0.295 e. The van der Waals surface area contributed by atoms with Gasteiger partial charge in [-0.2, -0.15) is 0 Å². The Morgan fingerprint density at radius 2 is 1.73 bits per heavy atom. The predicted molar refractivity (Wildman–Crippen MR) is 132 cm³/mol. The van der Waals surface area contributed by atoms with Crippen molar-refractivity contribution in [1.82, 2.24) is 4.90 Å². The van der Waals surface area contributed by atoms with Gasteiger partial charge in [-0.3, -0.25) is 19.7 Å². The summed E-state index contributed by atoms with van der Waals surface area (Å²) in [5.41, 5.74) is 0.792. The number of hydrogen-bond acceptors (Lipinski definition) is 7. The molecule has 1 N–H and O–H groups in total. The Bertz CT molecular complexity index is 1380. The topological polar surface area (TPSA) is 119 Å². The summed E-state index contributed by atoms with van der Waals surface area (Å²) in [4.78, 5) is 38.2. The minimum absolute atomic E-state index is 0.0391. The first-order chi connectivity index (χ1) is 17.7. The highest BCUT2D eigenvalue weighted by Crippen LogP contribution is 2.42. The molecule has 0 bridgehead atoms. The highest BCUT2D eigenvalue weighted by Gasteiger charge is 2.46. The second-order valence-electron chi connectivity index (χ2n) is 8.20. The summed E-state index contributed by atoms with van der Waals surface area (Å²) in [7, 11) is 1.48. The number of ketones is 1. The minimum atomic E-state index is -1.02. The molecule has 1 atom stereocenters. The van der Waals surface area contributed by atoms with Crippen molar-refractivity contribution in [3.05, 3.63) is 105 Å². The summed E-state index contributed by atoms with van der Waals surface area (Å²) < 4.78 is 24.5. The fourth-order valence-electron chi connectivity index (χ4n) is 4.20. The van der Waals surface area contributed by atoms with Crippen molar-refractivity contribution in [3.63, 3.8) is 0 Å². The molecule has 3 aromatic rings. The fraction of sp³-hybridized carbons (Fsp3) is 0.185. The molecule has 4 rings (SSSR count). The van der Waals surface area contributed by atoms with E-state index in [0.29, 0.717) is 29.2 Å². The Kier molecular flexibility index (Phi) is 7.19. The number of non-ortho nitro benzene ring substituents is 1. The van der Waals surface area contributed by atoms with Crippen LogP contribution < -0.4 is 9.47 Å².